The molecule has 2 aromatic heterocycles. The van der Waals surface area contributed by atoms with Crippen molar-refractivity contribution in [3.63, 3.8) is 0 Å². The van der Waals surface area contributed by atoms with E-state index in [9.17, 15) is 5.11 Å². The van der Waals surface area contributed by atoms with Crippen LogP contribution in [0.2, 0.25) is 0 Å². The van der Waals surface area contributed by atoms with Gasteiger partial charge in [0.2, 0.25) is 0 Å². The van der Waals surface area contributed by atoms with E-state index in [-0.39, 0.29) is 12.5 Å². The highest BCUT2D eigenvalue weighted by atomic mass is 79.9. The van der Waals surface area contributed by atoms with Crippen LogP contribution in [0.25, 0.3) is 0 Å². The smallest absolute Gasteiger partial charge is 0.106 e. The van der Waals surface area contributed by atoms with Crippen LogP contribution in [0, 0.1) is 0 Å². The van der Waals surface area contributed by atoms with Gasteiger partial charge >= 0.3 is 0 Å². The predicted molar refractivity (Wildman–Crippen MR) is 72.8 cm³/mol. The number of hydrogen-bond donors (Lipinski definition) is 1. The second-order valence-corrected chi connectivity index (χ2v) is 5.13. The number of halogens is 2. The summed E-state index contributed by atoms with van der Waals surface area (Å²) < 4.78 is 1.51. The zero-order valence-electron chi connectivity index (χ0n) is 8.85. The molecule has 2 heterocycles. The molecular formula is C12H10Br2N2O. The van der Waals surface area contributed by atoms with Gasteiger partial charge in [-0.25, -0.2) is 9.97 Å². The normalized spacial score (nSPS) is 10.8. The summed E-state index contributed by atoms with van der Waals surface area (Å²) in [4.78, 5) is 8.70. The first-order valence-electron chi connectivity index (χ1n) is 5.06. The number of aromatic nitrogens is 2. The van der Waals surface area contributed by atoms with Gasteiger partial charge in [0.1, 0.15) is 9.21 Å². The van der Waals surface area contributed by atoms with Crippen LogP contribution in [-0.2, 0) is 0 Å². The molecule has 0 aliphatic heterocycles. The highest BCUT2D eigenvalue weighted by molar-refractivity contribution is 9.10. The molecule has 0 saturated heterocycles. The standard InChI is InChI=1S/C12H10Br2N2O/c13-11-5-1-3-9(15-11)8(7-17)10-4-2-6-12(14)16-10/h1-6,8,17H,7H2. The Morgan fingerprint density at radius 1 is 0.941 bits per heavy atom. The fourth-order valence-electron chi connectivity index (χ4n) is 1.57. The van der Waals surface area contributed by atoms with Crippen molar-refractivity contribution in [3.05, 3.63) is 57.0 Å². The molecule has 0 aliphatic carbocycles. The first kappa shape index (κ1) is 12.7. The lowest BCUT2D eigenvalue weighted by atomic mass is 10.0. The van der Waals surface area contributed by atoms with Crippen LogP contribution < -0.4 is 0 Å². The third-order valence-corrected chi connectivity index (χ3v) is 3.25. The van der Waals surface area contributed by atoms with E-state index in [1.165, 1.54) is 0 Å². The van der Waals surface area contributed by atoms with E-state index in [2.05, 4.69) is 41.8 Å². The first-order valence-corrected chi connectivity index (χ1v) is 6.65. The Morgan fingerprint density at radius 2 is 1.41 bits per heavy atom. The highest BCUT2D eigenvalue weighted by Crippen LogP contribution is 2.23. The van der Waals surface area contributed by atoms with Crippen LogP contribution in [0.15, 0.2) is 45.6 Å². The lowest BCUT2D eigenvalue weighted by Gasteiger charge is -2.13. The summed E-state index contributed by atoms with van der Waals surface area (Å²) in [5, 5.41) is 9.50. The van der Waals surface area contributed by atoms with Crippen molar-refractivity contribution >= 4 is 31.9 Å². The number of hydrogen-bond acceptors (Lipinski definition) is 3. The Balaban J connectivity index is 2.40. The van der Waals surface area contributed by atoms with Crippen molar-refractivity contribution in [1.29, 1.82) is 0 Å². The van der Waals surface area contributed by atoms with Crippen LogP contribution in [0.4, 0.5) is 0 Å². The predicted octanol–water partition coefficient (Wildman–Crippen LogP) is 3.13. The Kier molecular flexibility index (Phi) is 4.25. The number of aliphatic hydroxyl groups excluding tert-OH is 1. The zero-order chi connectivity index (χ0) is 12.3. The van der Waals surface area contributed by atoms with Crippen molar-refractivity contribution in [3.8, 4) is 0 Å². The maximum absolute atomic E-state index is 9.50. The SMILES string of the molecule is OCC(c1cccc(Br)n1)c1cccc(Br)n1. The number of aliphatic hydroxyl groups is 1. The van der Waals surface area contributed by atoms with E-state index in [1.807, 2.05) is 36.4 Å². The summed E-state index contributed by atoms with van der Waals surface area (Å²) in [6.07, 6.45) is 0. The number of nitrogens with zero attached hydrogens (tertiary/aromatic N) is 2. The van der Waals surface area contributed by atoms with Gasteiger partial charge in [-0.15, -0.1) is 0 Å². The molecule has 0 radical (unpaired) electrons. The quantitative estimate of drug-likeness (QED) is 0.858. The summed E-state index contributed by atoms with van der Waals surface area (Å²) in [6.45, 7) is -0.0209. The van der Waals surface area contributed by atoms with Crippen molar-refractivity contribution in [2.75, 3.05) is 6.61 Å². The van der Waals surface area contributed by atoms with Crippen LogP contribution in [0.1, 0.15) is 17.3 Å². The molecular weight excluding hydrogens is 348 g/mol. The van der Waals surface area contributed by atoms with Crippen molar-refractivity contribution in [2.24, 2.45) is 0 Å². The number of rotatable bonds is 3. The minimum absolute atomic E-state index is 0.0209. The molecule has 0 aliphatic rings. The molecule has 0 bridgehead atoms. The molecule has 0 unspecified atom stereocenters. The molecule has 0 saturated carbocycles. The van der Waals surface area contributed by atoms with E-state index in [1.54, 1.807) is 0 Å². The van der Waals surface area contributed by atoms with Gasteiger partial charge in [0, 0.05) is 0 Å². The van der Waals surface area contributed by atoms with Gasteiger partial charge in [0.15, 0.2) is 0 Å². The molecule has 5 heteroatoms. The van der Waals surface area contributed by atoms with Gasteiger partial charge < -0.3 is 5.11 Å². The molecule has 0 amide bonds. The molecule has 0 spiro atoms. The largest absolute Gasteiger partial charge is 0.395 e. The lowest BCUT2D eigenvalue weighted by Crippen LogP contribution is -2.10. The topological polar surface area (TPSA) is 46.0 Å². The van der Waals surface area contributed by atoms with E-state index in [0.29, 0.717) is 0 Å². The van der Waals surface area contributed by atoms with Crippen molar-refractivity contribution in [1.82, 2.24) is 9.97 Å². The average Bonchev–Trinajstić information content (AvgIpc) is 2.30. The van der Waals surface area contributed by atoms with Gasteiger partial charge in [-0.05, 0) is 56.1 Å². The molecule has 17 heavy (non-hydrogen) atoms. The van der Waals surface area contributed by atoms with Gasteiger partial charge in [0.25, 0.3) is 0 Å². The summed E-state index contributed by atoms with van der Waals surface area (Å²) in [7, 11) is 0. The monoisotopic (exact) mass is 356 g/mol. The zero-order valence-corrected chi connectivity index (χ0v) is 12.0. The van der Waals surface area contributed by atoms with Gasteiger partial charge in [-0.3, -0.25) is 0 Å². The second-order valence-electron chi connectivity index (χ2n) is 3.51. The molecule has 2 rings (SSSR count). The maximum Gasteiger partial charge on any atom is 0.106 e. The summed E-state index contributed by atoms with van der Waals surface area (Å²) in [5.74, 6) is -0.204. The van der Waals surface area contributed by atoms with E-state index < -0.39 is 0 Å². The minimum Gasteiger partial charge on any atom is -0.395 e. The van der Waals surface area contributed by atoms with Crippen LogP contribution in [-0.4, -0.2) is 21.7 Å². The Morgan fingerprint density at radius 3 is 1.76 bits per heavy atom. The molecule has 0 fully saturated rings. The van der Waals surface area contributed by atoms with Crippen LogP contribution in [0.3, 0.4) is 0 Å². The number of pyridine rings is 2. The van der Waals surface area contributed by atoms with Gasteiger partial charge in [-0.2, -0.15) is 0 Å². The van der Waals surface area contributed by atoms with Crippen LogP contribution in [0.5, 0.6) is 0 Å². The molecule has 0 atom stereocenters. The average molecular weight is 358 g/mol. The Hall–Kier alpha value is -0.780. The van der Waals surface area contributed by atoms with Gasteiger partial charge in [0.05, 0.1) is 23.9 Å². The molecule has 1 N–H and O–H groups in total. The Bertz CT molecular complexity index is 474. The summed E-state index contributed by atoms with van der Waals surface area (Å²) in [5.41, 5.74) is 1.60. The summed E-state index contributed by atoms with van der Waals surface area (Å²) in [6, 6.07) is 11.3. The minimum atomic E-state index is -0.204. The van der Waals surface area contributed by atoms with Crippen molar-refractivity contribution < 1.29 is 5.11 Å². The molecule has 88 valence electrons. The summed E-state index contributed by atoms with van der Waals surface area (Å²) >= 11 is 6.65. The third-order valence-electron chi connectivity index (χ3n) is 2.37. The van der Waals surface area contributed by atoms with E-state index >= 15 is 0 Å². The van der Waals surface area contributed by atoms with Crippen molar-refractivity contribution in [2.45, 2.75) is 5.92 Å². The Labute approximate surface area is 116 Å². The van der Waals surface area contributed by atoms with E-state index in [4.69, 9.17) is 0 Å². The van der Waals surface area contributed by atoms with Crippen LogP contribution >= 0.6 is 31.9 Å². The molecule has 2 aromatic rings. The maximum atomic E-state index is 9.50. The third kappa shape index (κ3) is 3.12. The fraction of sp³-hybridized carbons (Fsp3) is 0.167. The molecule has 0 aromatic carbocycles. The van der Waals surface area contributed by atoms with E-state index in [0.717, 1.165) is 20.6 Å². The highest BCUT2D eigenvalue weighted by Gasteiger charge is 2.16. The first-order chi connectivity index (χ1) is 8.20. The lowest BCUT2D eigenvalue weighted by molar-refractivity contribution is 0.276. The fourth-order valence-corrected chi connectivity index (χ4v) is 2.29. The second kappa shape index (κ2) is 5.71. The molecule has 3 nitrogen and oxygen atoms in total. The van der Waals surface area contributed by atoms with Gasteiger partial charge in [-0.1, -0.05) is 12.1 Å².